The summed E-state index contributed by atoms with van der Waals surface area (Å²) in [5.74, 6) is 0.896. The molecule has 116 valence electrons. The highest BCUT2D eigenvalue weighted by Crippen LogP contribution is 2.31. The van der Waals surface area contributed by atoms with Gasteiger partial charge in [0.1, 0.15) is 11.9 Å². The molecule has 1 fully saturated rings. The predicted octanol–water partition coefficient (Wildman–Crippen LogP) is 4.52. The first-order chi connectivity index (χ1) is 10.2. The number of rotatable bonds is 6. The van der Waals surface area contributed by atoms with Gasteiger partial charge >= 0.3 is 0 Å². The molecule has 0 aliphatic heterocycles. The van der Waals surface area contributed by atoms with E-state index in [0.29, 0.717) is 28.9 Å². The Morgan fingerprint density at radius 3 is 2.67 bits per heavy atom. The lowest BCUT2D eigenvalue weighted by molar-refractivity contribution is 0.0126. The average Bonchev–Trinajstić information content (AvgIpc) is 2.53. The summed E-state index contributed by atoms with van der Waals surface area (Å²) in [6.07, 6.45) is 5.43. The first-order valence-electron chi connectivity index (χ1n) is 7.66. The number of Topliss-reactive ketones (excluding diaryl/α,β-unsaturated/α-hetero) is 1. The maximum absolute atomic E-state index is 12.8. The summed E-state index contributed by atoms with van der Waals surface area (Å²) < 4.78 is 11.0. The number of ether oxygens (including phenoxy) is 2. The SMILES string of the molecule is CCOC(C(=O)c1ccc(Cl)c(OC)c1)C1CCCCC1. The Bertz CT molecular complexity index is 481. The molecule has 1 atom stereocenters. The highest BCUT2D eigenvalue weighted by atomic mass is 35.5. The van der Waals surface area contributed by atoms with E-state index in [4.69, 9.17) is 21.1 Å². The zero-order valence-corrected chi connectivity index (χ0v) is 13.5. The van der Waals surface area contributed by atoms with Crippen LogP contribution in [0.4, 0.5) is 0 Å². The highest BCUT2D eigenvalue weighted by molar-refractivity contribution is 6.32. The van der Waals surface area contributed by atoms with Crippen LogP contribution < -0.4 is 4.74 Å². The third-order valence-electron chi connectivity index (χ3n) is 4.12. The van der Waals surface area contributed by atoms with Crippen LogP contribution in [0.15, 0.2) is 18.2 Å². The Kier molecular flexibility index (Phi) is 6.07. The van der Waals surface area contributed by atoms with Gasteiger partial charge in [0.05, 0.1) is 12.1 Å². The van der Waals surface area contributed by atoms with E-state index in [2.05, 4.69) is 0 Å². The van der Waals surface area contributed by atoms with E-state index < -0.39 is 0 Å². The molecule has 2 rings (SSSR count). The normalized spacial score (nSPS) is 17.5. The fraction of sp³-hybridized carbons (Fsp3) is 0.588. The van der Waals surface area contributed by atoms with Crippen molar-refractivity contribution in [3.63, 3.8) is 0 Å². The van der Waals surface area contributed by atoms with Crippen LogP contribution in [-0.2, 0) is 4.74 Å². The van der Waals surface area contributed by atoms with E-state index in [0.717, 1.165) is 12.8 Å². The van der Waals surface area contributed by atoms with Crippen LogP contribution in [0.25, 0.3) is 0 Å². The average molecular weight is 311 g/mol. The third-order valence-corrected chi connectivity index (χ3v) is 4.43. The fourth-order valence-electron chi connectivity index (χ4n) is 3.02. The quantitative estimate of drug-likeness (QED) is 0.725. The number of methoxy groups -OCH3 is 1. The van der Waals surface area contributed by atoms with Gasteiger partial charge in [0.25, 0.3) is 0 Å². The van der Waals surface area contributed by atoms with Crippen molar-refractivity contribution < 1.29 is 14.3 Å². The number of halogens is 1. The van der Waals surface area contributed by atoms with Crippen molar-refractivity contribution in [3.8, 4) is 5.75 Å². The topological polar surface area (TPSA) is 35.5 Å². The van der Waals surface area contributed by atoms with Gasteiger partial charge < -0.3 is 9.47 Å². The Morgan fingerprint density at radius 1 is 1.33 bits per heavy atom. The molecular weight excluding hydrogens is 288 g/mol. The third kappa shape index (κ3) is 3.98. The zero-order chi connectivity index (χ0) is 15.2. The first kappa shape index (κ1) is 16.3. The molecule has 1 saturated carbocycles. The number of benzene rings is 1. The van der Waals surface area contributed by atoms with Crippen LogP contribution in [0.3, 0.4) is 0 Å². The molecule has 1 aliphatic rings. The largest absolute Gasteiger partial charge is 0.495 e. The van der Waals surface area contributed by atoms with Crippen LogP contribution in [-0.4, -0.2) is 25.6 Å². The van der Waals surface area contributed by atoms with Gasteiger partial charge in [-0.1, -0.05) is 30.9 Å². The molecule has 1 aromatic carbocycles. The van der Waals surface area contributed by atoms with Gasteiger partial charge in [-0.15, -0.1) is 0 Å². The molecule has 4 heteroatoms. The van der Waals surface area contributed by atoms with Crippen molar-refractivity contribution in [2.24, 2.45) is 5.92 Å². The summed E-state index contributed by atoms with van der Waals surface area (Å²) >= 11 is 6.02. The molecule has 21 heavy (non-hydrogen) atoms. The highest BCUT2D eigenvalue weighted by Gasteiger charge is 2.31. The molecule has 0 heterocycles. The van der Waals surface area contributed by atoms with Crippen molar-refractivity contribution in [2.45, 2.75) is 45.1 Å². The molecule has 1 aliphatic carbocycles. The Labute approximate surface area is 131 Å². The van der Waals surface area contributed by atoms with Gasteiger partial charge in [-0.2, -0.15) is 0 Å². The van der Waals surface area contributed by atoms with Gasteiger partial charge in [-0.3, -0.25) is 4.79 Å². The predicted molar refractivity (Wildman–Crippen MR) is 84.3 cm³/mol. The second kappa shape index (κ2) is 7.81. The molecule has 0 radical (unpaired) electrons. The van der Waals surface area contributed by atoms with Crippen LogP contribution in [0, 0.1) is 5.92 Å². The minimum atomic E-state index is -0.346. The second-order valence-electron chi connectivity index (χ2n) is 5.49. The van der Waals surface area contributed by atoms with Crippen LogP contribution in [0.1, 0.15) is 49.4 Å². The number of hydrogen-bond acceptors (Lipinski definition) is 3. The van der Waals surface area contributed by atoms with Gasteiger partial charge in [-0.05, 0) is 43.9 Å². The van der Waals surface area contributed by atoms with E-state index in [1.54, 1.807) is 25.3 Å². The van der Waals surface area contributed by atoms with E-state index in [-0.39, 0.29) is 11.9 Å². The minimum Gasteiger partial charge on any atom is -0.495 e. The maximum Gasteiger partial charge on any atom is 0.191 e. The Morgan fingerprint density at radius 2 is 2.05 bits per heavy atom. The molecule has 0 spiro atoms. The van der Waals surface area contributed by atoms with Crippen molar-refractivity contribution in [1.29, 1.82) is 0 Å². The van der Waals surface area contributed by atoms with Crippen molar-refractivity contribution in [1.82, 2.24) is 0 Å². The lowest BCUT2D eigenvalue weighted by atomic mass is 9.82. The summed E-state index contributed by atoms with van der Waals surface area (Å²) in [7, 11) is 1.55. The summed E-state index contributed by atoms with van der Waals surface area (Å²) in [6.45, 7) is 2.49. The lowest BCUT2D eigenvalue weighted by Gasteiger charge is -2.29. The number of carbonyl (C=O) groups is 1. The lowest BCUT2D eigenvalue weighted by Crippen LogP contribution is -2.34. The molecule has 0 N–H and O–H groups in total. The number of carbonyl (C=O) groups excluding carboxylic acids is 1. The van der Waals surface area contributed by atoms with Crippen molar-refractivity contribution in [2.75, 3.05) is 13.7 Å². The summed E-state index contributed by atoms with van der Waals surface area (Å²) in [5, 5.41) is 0.514. The second-order valence-corrected chi connectivity index (χ2v) is 5.89. The van der Waals surface area contributed by atoms with Gasteiger partial charge in [0.2, 0.25) is 0 Å². The number of hydrogen-bond donors (Lipinski definition) is 0. The smallest absolute Gasteiger partial charge is 0.191 e. The minimum absolute atomic E-state index is 0.0405. The first-order valence-corrected chi connectivity index (χ1v) is 8.04. The number of ketones is 1. The Hall–Kier alpha value is -1.06. The molecule has 0 amide bonds. The van der Waals surface area contributed by atoms with Crippen LogP contribution in [0.5, 0.6) is 5.75 Å². The monoisotopic (exact) mass is 310 g/mol. The molecule has 0 saturated heterocycles. The van der Waals surface area contributed by atoms with Crippen LogP contribution in [0.2, 0.25) is 5.02 Å². The standard InChI is InChI=1S/C17H23ClO3/c1-3-21-17(12-7-5-4-6-8-12)16(19)13-9-10-14(18)15(11-13)20-2/h9-12,17H,3-8H2,1-2H3. The molecule has 0 aromatic heterocycles. The van der Waals surface area contributed by atoms with E-state index in [1.807, 2.05) is 6.92 Å². The maximum atomic E-state index is 12.8. The van der Waals surface area contributed by atoms with E-state index >= 15 is 0 Å². The summed E-state index contributed by atoms with van der Waals surface area (Å²) in [4.78, 5) is 12.8. The van der Waals surface area contributed by atoms with Gasteiger partial charge in [-0.25, -0.2) is 0 Å². The summed E-state index contributed by atoms with van der Waals surface area (Å²) in [6, 6.07) is 5.17. The van der Waals surface area contributed by atoms with Gasteiger partial charge in [0, 0.05) is 12.2 Å². The molecule has 3 nitrogen and oxygen atoms in total. The van der Waals surface area contributed by atoms with Crippen molar-refractivity contribution in [3.05, 3.63) is 28.8 Å². The Balaban J connectivity index is 2.20. The zero-order valence-electron chi connectivity index (χ0n) is 12.7. The van der Waals surface area contributed by atoms with Gasteiger partial charge in [0.15, 0.2) is 5.78 Å². The van der Waals surface area contributed by atoms with E-state index in [1.165, 1.54) is 19.3 Å². The van der Waals surface area contributed by atoms with Crippen LogP contribution >= 0.6 is 11.6 Å². The van der Waals surface area contributed by atoms with E-state index in [9.17, 15) is 4.79 Å². The fourth-order valence-corrected chi connectivity index (χ4v) is 3.21. The van der Waals surface area contributed by atoms with Crippen molar-refractivity contribution >= 4 is 17.4 Å². The molecule has 1 aromatic rings. The molecule has 0 bridgehead atoms. The molecular formula is C17H23ClO3. The molecule has 1 unspecified atom stereocenters. The summed E-state index contributed by atoms with van der Waals surface area (Å²) in [5.41, 5.74) is 0.611.